The number of rotatable bonds is 6. The van der Waals surface area contributed by atoms with Crippen LogP contribution in [-0.4, -0.2) is 35.1 Å². The molecule has 0 saturated carbocycles. The van der Waals surface area contributed by atoms with Crippen molar-refractivity contribution in [2.45, 2.75) is 32.5 Å². The molecule has 8 heteroatoms. The number of nitrogens with zero attached hydrogens (tertiary/aromatic N) is 2. The molecule has 1 aromatic heterocycles. The van der Waals surface area contributed by atoms with E-state index in [9.17, 15) is 9.90 Å². The SMILES string of the molecule is CCOC(=O)CC1(O)OBc2cc(Oc3cnccn3)cc(CC)c21. The van der Waals surface area contributed by atoms with Crippen LogP contribution in [0.4, 0.5) is 0 Å². The first-order valence-corrected chi connectivity index (χ1v) is 8.17. The van der Waals surface area contributed by atoms with Gasteiger partial charge in [-0.25, -0.2) is 4.98 Å². The molecule has 1 N–H and O–H groups in total. The van der Waals surface area contributed by atoms with Crippen LogP contribution in [0.1, 0.15) is 31.4 Å². The van der Waals surface area contributed by atoms with E-state index >= 15 is 0 Å². The second kappa shape index (κ2) is 7.20. The Morgan fingerprint density at radius 3 is 2.88 bits per heavy atom. The van der Waals surface area contributed by atoms with Crippen molar-refractivity contribution < 1.29 is 24.0 Å². The third-order valence-electron chi connectivity index (χ3n) is 3.96. The van der Waals surface area contributed by atoms with Gasteiger partial charge in [-0.3, -0.25) is 9.78 Å². The van der Waals surface area contributed by atoms with Gasteiger partial charge in [-0.1, -0.05) is 6.92 Å². The molecule has 0 spiro atoms. The predicted molar refractivity (Wildman–Crippen MR) is 90.9 cm³/mol. The van der Waals surface area contributed by atoms with E-state index < -0.39 is 11.8 Å². The summed E-state index contributed by atoms with van der Waals surface area (Å²) in [4.78, 5) is 19.9. The van der Waals surface area contributed by atoms with Crippen LogP contribution in [0.15, 0.2) is 30.7 Å². The summed E-state index contributed by atoms with van der Waals surface area (Å²) in [7, 11) is 0.190. The fourth-order valence-electron chi connectivity index (χ4n) is 2.96. The molecule has 1 aliphatic rings. The van der Waals surface area contributed by atoms with E-state index in [1.807, 2.05) is 13.0 Å². The number of aryl methyl sites for hydroxylation is 1. The van der Waals surface area contributed by atoms with Crippen molar-refractivity contribution in [2.24, 2.45) is 0 Å². The molecule has 0 aliphatic carbocycles. The number of carbonyl (C=O) groups excluding carboxylic acids is 1. The maximum absolute atomic E-state index is 11.8. The Kier molecular flexibility index (Phi) is 5.01. The van der Waals surface area contributed by atoms with E-state index in [0.717, 1.165) is 11.0 Å². The van der Waals surface area contributed by atoms with Crippen LogP contribution in [0.2, 0.25) is 0 Å². The van der Waals surface area contributed by atoms with Gasteiger partial charge in [0.05, 0.1) is 12.8 Å². The van der Waals surface area contributed by atoms with Gasteiger partial charge < -0.3 is 19.2 Å². The summed E-state index contributed by atoms with van der Waals surface area (Å²) in [5.74, 6) is -1.21. The average Bonchev–Trinajstić information content (AvgIpc) is 2.92. The normalized spacial score (nSPS) is 18.4. The molecular formula is C17H19BN2O5. The van der Waals surface area contributed by atoms with Gasteiger partial charge >= 0.3 is 13.5 Å². The van der Waals surface area contributed by atoms with Crippen molar-refractivity contribution in [2.75, 3.05) is 6.61 Å². The third kappa shape index (κ3) is 3.64. The minimum Gasteiger partial charge on any atom is -0.466 e. The van der Waals surface area contributed by atoms with Gasteiger partial charge in [0.15, 0.2) is 5.79 Å². The van der Waals surface area contributed by atoms with Gasteiger partial charge in [0.2, 0.25) is 5.88 Å². The summed E-state index contributed by atoms with van der Waals surface area (Å²) in [6.07, 6.45) is 5.03. The number of ether oxygens (including phenoxy) is 2. The second-order valence-corrected chi connectivity index (χ2v) is 5.67. The lowest BCUT2D eigenvalue weighted by Gasteiger charge is -2.25. The number of hydrogen-bond acceptors (Lipinski definition) is 7. The topological polar surface area (TPSA) is 90.8 Å². The zero-order valence-electron chi connectivity index (χ0n) is 14.2. The highest BCUT2D eigenvalue weighted by molar-refractivity contribution is 6.49. The number of esters is 1. The van der Waals surface area contributed by atoms with E-state index in [2.05, 4.69) is 9.97 Å². The number of aliphatic hydroxyl groups is 1. The van der Waals surface area contributed by atoms with Gasteiger partial charge in [0.1, 0.15) is 12.2 Å². The minimum atomic E-state index is -1.67. The summed E-state index contributed by atoms with van der Waals surface area (Å²) < 4.78 is 16.2. The van der Waals surface area contributed by atoms with Gasteiger partial charge in [-0.15, -0.1) is 0 Å². The molecule has 0 radical (unpaired) electrons. The Labute approximate surface area is 146 Å². The van der Waals surface area contributed by atoms with Crippen molar-refractivity contribution in [3.8, 4) is 11.6 Å². The van der Waals surface area contributed by atoms with Crippen LogP contribution in [0.25, 0.3) is 0 Å². The molecule has 0 bridgehead atoms. The molecule has 25 heavy (non-hydrogen) atoms. The highest BCUT2D eigenvalue weighted by Crippen LogP contribution is 2.35. The van der Waals surface area contributed by atoms with E-state index in [1.165, 1.54) is 6.20 Å². The molecule has 0 saturated heterocycles. The van der Waals surface area contributed by atoms with Crippen LogP contribution in [0.3, 0.4) is 0 Å². The number of fused-ring (bicyclic) bond motifs is 1. The molecule has 2 heterocycles. The highest BCUT2D eigenvalue weighted by atomic mass is 16.6. The molecule has 0 fully saturated rings. The molecule has 130 valence electrons. The fourth-order valence-corrected chi connectivity index (χ4v) is 2.96. The largest absolute Gasteiger partial charge is 0.466 e. The molecule has 7 nitrogen and oxygen atoms in total. The Morgan fingerprint density at radius 1 is 1.36 bits per heavy atom. The molecule has 2 aromatic rings. The summed E-state index contributed by atoms with van der Waals surface area (Å²) in [6, 6.07) is 3.60. The summed E-state index contributed by atoms with van der Waals surface area (Å²) in [5.41, 5.74) is 2.25. The quantitative estimate of drug-likeness (QED) is 0.617. The average molecular weight is 342 g/mol. The van der Waals surface area contributed by atoms with Crippen molar-refractivity contribution in [1.29, 1.82) is 0 Å². The molecule has 1 aromatic carbocycles. The first kappa shape index (κ1) is 17.4. The van der Waals surface area contributed by atoms with Gasteiger partial charge in [-0.05, 0) is 36.5 Å². The lowest BCUT2D eigenvalue weighted by molar-refractivity contribution is -0.174. The Hall–Kier alpha value is -2.45. The molecule has 1 unspecified atom stereocenters. The molecule has 3 rings (SSSR count). The molecule has 1 aliphatic heterocycles. The molecule has 1 atom stereocenters. The number of carbonyl (C=O) groups is 1. The highest BCUT2D eigenvalue weighted by Gasteiger charge is 2.42. The smallest absolute Gasteiger partial charge is 0.313 e. The van der Waals surface area contributed by atoms with E-state index in [4.69, 9.17) is 14.1 Å². The van der Waals surface area contributed by atoms with Crippen LogP contribution in [0, 0.1) is 0 Å². The van der Waals surface area contributed by atoms with Crippen LogP contribution in [0.5, 0.6) is 11.6 Å². The monoisotopic (exact) mass is 342 g/mol. The van der Waals surface area contributed by atoms with E-state index in [-0.39, 0.29) is 20.5 Å². The van der Waals surface area contributed by atoms with Gasteiger partial charge in [0.25, 0.3) is 0 Å². The van der Waals surface area contributed by atoms with E-state index in [0.29, 0.717) is 23.6 Å². The Morgan fingerprint density at radius 2 is 2.20 bits per heavy atom. The van der Waals surface area contributed by atoms with Gasteiger partial charge in [-0.2, -0.15) is 0 Å². The summed E-state index contributed by atoms with van der Waals surface area (Å²) in [6.45, 7) is 3.94. The maximum Gasteiger partial charge on any atom is 0.313 e. The van der Waals surface area contributed by atoms with Crippen molar-refractivity contribution >= 4 is 18.9 Å². The zero-order chi connectivity index (χ0) is 17.9. The zero-order valence-corrected chi connectivity index (χ0v) is 14.2. The number of hydrogen-bond donors (Lipinski definition) is 1. The summed E-state index contributed by atoms with van der Waals surface area (Å²) >= 11 is 0. The Balaban J connectivity index is 1.91. The Bertz CT molecular complexity index is 771. The fraction of sp³-hybridized carbons (Fsp3) is 0.353. The van der Waals surface area contributed by atoms with Crippen LogP contribution < -0.4 is 10.2 Å². The van der Waals surface area contributed by atoms with Crippen molar-refractivity contribution in [3.63, 3.8) is 0 Å². The second-order valence-electron chi connectivity index (χ2n) is 5.67. The van der Waals surface area contributed by atoms with Crippen molar-refractivity contribution in [3.05, 3.63) is 41.9 Å². The minimum absolute atomic E-state index is 0.190. The summed E-state index contributed by atoms with van der Waals surface area (Å²) in [5, 5.41) is 10.8. The predicted octanol–water partition coefficient (Wildman–Crippen LogP) is 0.937. The first-order chi connectivity index (χ1) is 12.1. The molecule has 0 amide bonds. The maximum atomic E-state index is 11.8. The van der Waals surface area contributed by atoms with E-state index in [1.54, 1.807) is 25.4 Å². The number of aromatic nitrogens is 2. The van der Waals surface area contributed by atoms with Crippen molar-refractivity contribution in [1.82, 2.24) is 9.97 Å². The van der Waals surface area contributed by atoms with Crippen LogP contribution in [-0.2, 0) is 26.4 Å². The van der Waals surface area contributed by atoms with Crippen LogP contribution >= 0.6 is 0 Å². The number of benzene rings is 1. The first-order valence-electron chi connectivity index (χ1n) is 8.17. The standard InChI is InChI=1S/C17H19BN2O5/c1-3-11-7-12(24-14-10-19-5-6-20-14)8-13-16(11)17(22,25-18-13)9-15(21)23-4-2/h5-8,10,18,22H,3-4,9H2,1-2H3. The third-order valence-corrected chi connectivity index (χ3v) is 3.96. The lowest BCUT2D eigenvalue weighted by Crippen LogP contribution is -2.31. The van der Waals surface area contributed by atoms with Gasteiger partial charge in [0, 0.05) is 18.0 Å². The molecular weight excluding hydrogens is 323 g/mol. The lowest BCUT2D eigenvalue weighted by atomic mass is 9.82.